The largest absolute Gasteiger partial charge is 0.444 e. The number of piperazine rings is 1. The molecule has 0 N–H and O–H groups in total. The molecule has 8 heteroatoms. The smallest absolute Gasteiger partial charge is 0.410 e. The Balaban J connectivity index is 1.77. The Morgan fingerprint density at radius 2 is 1.96 bits per heavy atom. The molecule has 1 aromatic rings. The number of carbonyl (C=O) groups is 1. The lowest BCUT2D eigenvalue weighted by Crippen LogP contribution is -2.57. The molecule has 0 saturated carbocycles. The van der Waals surface area contributed by atoms with Gasteiger partial charge in [0.15, 0.2) is 0 Å². The van der Waals surface area contributed by atoms with E-state index in [2.05, 4.69) is 14.9 Å². The van der Waals surface area contributed by atoms with Gasteiger partial charge in [-0.15, -0.1) is 0 Å². The zero-order valence-electron chi connectivity index (χ0n) is 14.0. The molecule has 1 amide bonds. The minimum absolute atomic E-state index is 0.0611. The summed E-state index contributed by atoms with van der Waals surface area (Å²) in [6.45, 7) is 6.90. The average molecular weight is 350 g/mol. The standard InChI is InChI=1S/C16H20ClN5O2/c1-16(2,3)24-15(23)22-11-4-5-12(22)9-21(8-11)13-6-10(7-18)19-14(17)20-13/h6,11-12H,4-5,8-9H2,1-3H3. The lowest BCUT2D eigenvalue weighted by atomic mass is 10.2. The van der Waals surface area contributed by atoms with Crippen molar-refractivity contribution in [2.45, 2.75) is 51.3 Å². The van der Waals surface area contributed by atoms with E-state index in [1.165, 1.54) is 0 Å². The number of fused-ring (bicyclic) bond motifs is 2. The number of nitriles is 1. The van der Waals surface area contributed by atoms with Gasteiger partial charge in [0.05, 0.1) is 12.1 Å². The van der Waals surface area contributed by atoms with Gasteiger partial charge in [-0.05, 0) is 45.2 Å². The van der Waals surface area contributed by atoms with Gasteiger partial charge in [0, 0.05) is 19.2 Å². The molecule has 2 atom stereocenters. The number of hydrogen-bond donors (Lipinski definition) is 0. The third-order valence-corrected chi connectivity index (χ3v) is 4.38. The summed E-state index contributed by atoms with van der Waals surface area (Å²) in [5.41, 5.74) is -0.262. The van der Waals surface area contributed by atoms with Crippen molar-refractivity contribution < 1.29 is 9.53 Å². The number of amides is 1. The number of halogens is 1. The highest BCUT2D eigenvalue weighted by atomic mass is 35.5. The quantitative estimate of drug-likeness (QED) is 0.725. The Kier molecular flexibility index (Phi) is 4.26. The Morgan fingerprint density at radius 1 is 1.33 bits per heavy atom. The zero-order chi connectivity index (χ0) is 17.5. The van der Waals surface area contributed by atoms with Gasteiger partial charge in [-0.3, -0.25) is 4.90 Å². The predicted octanol–water partition coefficient (Wildman–Crippen LogP) is 2.59. The van der Waals surface area contributed by atoms with Crippen molar-refractivity contribution in [3.63, 3.8) is 0 Å². The van der Waals surface area contributed by atoms with Crippen LogP contribution in [-0.4, -0.2) is 51.7 Å². The second-order valence-electron chi connectivity index (χ2n) is 7.17. The molecule has 1 aromatic heterocycles. The molecule has 3 rings (SSSR count). The van der Waals surface area contributed by atoms with Crippen molar-refractivity contribution in [3.05, 3.63) is 17.0 Å². The lowest BCUT2D eigenvalue weighted by Gasteiger charge is -2.41. The van der Waals surface area contributed by atoms with Crippen LogP contribution in [0.4, 0.5) is 10.6 Å². The van der Waals surface area contributed by atoms with Crippen LogP contribution in [-0.2, 0) is 4.74 Å². The average Bonchev–Trinajstić information content (AvgIpc) is 2.75. The van der Waals surface area contributed by atoms with E-state index in [-0.39, 0.29) is 29.2 Å². The van der Waals surface area contributed by atoms with Gasteiger partial charge in [0.2, 0.25) is 5.28 Å². The van der Waals surface area contributed by atoms with Crippen LogP contribution in [0.25, 0.3) is 0 Å². The summed E-state index contributed by atoms with van der Waals surface area (Å²) in [5, 5.41) is 9.10. The van der Waals surface area contributed by atoms with Crippen LogP contribution >= 0.6 is 11.6 Å². The van der Waals surface area contributed by atoms with Gasteiger partial charge in [0.25, 0.3) is 0 Å². The van der Waals surface area contributed by atoms with E-state index in [1.807, 2.05) is 31.7 Å². The molecule has 0 spiro atoms. The monoisotopic (exact) mass is 349 g/mol. The van der Waals surface area contributed by atoms with Crippen molar-refractivity contribution in [1.29, 1.82) is 5.26 Å². The fourth-order valence-corrected chi connectivity index (χ4v) is 3.51. The van der Waals surface area contributed by atoms with Crippen LogP contribution in [0.1, 0.15) is 39.3 Å². The number of anilines is 1. The molecule has 2 aliphatic rings. The van der Waals surface area contributed by atoms with E-state index in [9.17, 15) is 4.79 Å². The minimum Gasteiger partial charge on any atom is -0.444 e. The summed E-state index contributed by atoms with van der Waals surface area (Å²) in [7, 11) is 0. The van der Waals surface area contributed by atoms with Crippen molar-refractivity contribution in [2.75, 3.05) is 18.0 Å². The fourth-order valence-electron chi connectivity index (χ4n) is 3.33. The Hall–Kier alpha value is -2.07. The Labute approximate surface area is 146 Å². The molecule has 0 aliphatic carbocycles. The number of nitrogens with zero attached hydrogens (tertiary/aromatic N) is 5. The maximum atomic E-state index is 12.5. The molecule has 7 nitrogen and oxygen atoms in total. The SMILES string of the molecule is CC(C)(C)OC(=O)N1C2CCC1CN(c1cc(C#N)nc(Cl)n1)C2. The summed E-state index contributed by atoms with van der Waals surface area (Å²) in [6, 6.07) is 3.79. The van der Waals surface area contributed by atoms with E-state index in [0.29, 0.717) is 18.9 Å². The van der Waals surface area contributed by atoms with Crippen molar-refractivity contribution in [1.82, 2.24) is 14.9 Å². The molecule has 2 unspecified atom stereocenters. The first-order chi connectivity index (χ1) is 11.3. The first kappa shape index (κ1) is 16.8. The zero-order valence-corrected chi connectivity index (χ0v) is 14.7. The van der Waals surface area contributed by atoms with Crippen LogP contribution in [0.15, 0.2) is 6.07 Å². The van der Waals surface area contributed by atoms with E-state index in [4.69, 9.17) is 21.6 Å². The molecule has 2 saturated heterocycles. The van der Waals surface area contributed by atoms with E-state index in [1.54, 1.807) is 6.07 Å². The second-order valence-corrected chi connectivity index (χ2v) is 7.51. The minimum atomic E-state index is -0.504. The predicted molar refractivity (Wildman–Crippen MR) is 88.9 cm³/mol. The molecule has 2 aliphatic heterocycles. The Bertz CT molecular complexity index is 683. The van der Waals surface area contributed by atoms with E-state index in [0.717, 1.165) is 12.8 Å². The summed E-state index contributed by atoms with van der Waals surface area (Å²) >= 11 is 5.90. The van der Waals surface area contributed by atoms with Crippen LogP contribution in [0.2, 0.25) is 5.28 Å². The molecule has 128 valence electrons. The number of aromatic nitrogens is 2. The van der Waals surface area contributed by atoms with Crippen molar-refractivity contribution in [2.24, 2.45) is 0 Å². The van der Waals surface area contributed by atoms with Crippen molar-refractivity contribution in [3.8, 4) is 6.07 Å². The Morgan fingerprint density at radius 3 is 2.50 bits per heavy atom. The summed E-state index contributed by atoms with van der Waals surface area (Å²) in [5.74, 6) is 0.632. The first-order valence-corrected chi connectivity index (χ1v) is 8.35. The number of hydrogen-bond acceptors (Lipinski definition) is 6. The molecule has 2 fully saturated rings. The van der Waals surface area contributed by atoms with Gasteiger partial charge in [-0.1, -0.05) is 0 Å². The maximum Gasteiger partial charge on any atom is 0.410 e. The highest BCUT2D eigenvalue weighted by Crippen LogP contribution is 2.33. The molecule has 24 heavy (non-hydrogen) atoms. The molecule has 0 radical (unpaired) electrons. The lowest BCUT2D eigenvalue weighted by molar-refractivity contribution is 0.0122. The highest BCUT2D eigenvalue weighted by Gasteiger charge is 2.44. The van der Waals surface area contributed by atoms with Crippen molar-refractivity contribution >= 4 is 23.5 Å². The third-order valence-electron chi connectivity index (χ3n) is 4.21. The molecular formula is C16H20ClN5O2. The molecule has 3 heterocycles. The van der Waals surface area contributed by atoms with Gasteiger partial charge >= 0.3 is 6.09 Å². The van der Waals surface area contributed by atoms with E-state index >= 15 is 0 Å². The second kappa shape index (κ2) is 6.10. The van der Waals surface area contributed by atoms with Gasteiger partial charge in [0.1, 0.15) is 23.2 Å². The van der Waals surface area contributed by atoms with E-state index < -0.39 is 5.60 Å². The molecule has 2 bridgehead atoms. The topological polar surface area (TPSA) is 82.4 Å². The van der Waals surface area contributed by atoms with Crippen LogP contribution in [0.3, 0.4) is 0 Å². The maximum absolute atomic E-state index is 12.5. The van der Waals surface area contributed by atoms with Gasteiger partial charge in [-0.25, -0.2) is 14.8 Å². The molecule has 0 aromatic carbocycles. The summed E-state index contributed by atoms with van der Waals surface area (Å²) in [4.78, 5) is 24.5. The van der Waals surface area contributed by atoms with Crippen LogP contribution in [0, 0.1) is 11.3 Å². The van der Waals surface area contributed by atoms with Crippen LogP contribution < -0.4 is 4.90 Å². The molecular weight excluding hydrogens is 330 g/mol. The first-order valence-electron chi connectivity index (χ1n) is 7.98. The van der Waals surface area contributed by atoms with Crippen LogP contribution in [0.5, 0.6) is 0 Å². The van der Waals surface area contributed by atoms with Gasteiger partial charge < -0.3 is 9.64 Å². The summed E-state index contributed by atoms with van der Waals surface area (Å²) < 4.78 is 5.53. The normalized spacial score (nSPS) is 23.1. The third kappa shape index (κ3) is 3.39. The number of carbonyl (C=O) groups excluding carboxylic acids is 1. The van der Waals surface area contributed by atoms with Gasteiger partial charge in [-0.2, -0.15) is 5.26 Å². The highest BCUT2D eigenvalue weighted by molar-refractivity contribution is 6.28. The number of rotatable bonds is 1. The number of ether oxygens (including phenoxy) is 1. The fraction of sp³-hybridized carbons (Fsp3) is 0.625. The summed E-state index contributed by atoms with van der Waals surface area (Å²) in [6.07, 6.45) is 1.61.